The molecule has 0 spiro atoms. The molecule has 0 aromatic carbocycles. The highest BCUT2D eigenvalue weighted by Gasteiger charge is 2.24. The maximum absolute atomic E-state index is 11.4. The van der Waals surface area contributed by atoms with Crippen molar-refractivity contribution in [1.82, 2.24) is 15.9 Å². The number of rotatable bonds is 22. The number of amides is 1. The highest BCUT2D eigenvalue weighted by atomic mass is 16.9. The van der Waals surface area contributed by atoms with Crippen molar-refractivity contribution in [3.05, 3.63) is 12.7 Å². The van der Waals surface area contributed by atoms with Crippen LogP contribution in [0.2, 0.25) is 0 Å². The lowest BCUT2D eigenvalue weighted by atomic mass is 10.2. The van der Waals surface area contributed by atoms with Crippen molar-refractivity contribution in [3.8, 4) is 0 Å². The number of carbonyl (C=O) groups excluding carboxylic acids is 3. The normalized spacial score (nSPS) is 15.5. The van der Waals surface area contributed by atoms with Crippen LogP contribution < -0.4 is 10.6 Å². The topological polar surface area (TPSA) is 134 Å². The van der Waals surface area contributed by atoms with Gasteiger partial charge in [0, 0.05) is 25.9 Å². The zero-order chi connectivity index (χ0) is 27.5. The summed E-state index contributed by atoms with van der Waals surface area (Å²) in [5.41, 5.74) is 0. The number of nitrogens with one attached hydrogen (secondary N) is 2. The molecule has 1 rings (SSSR count). The Balaban J connectivity index is 2.34. The Labute approximate surface area is 226 Å². The Morgan fingerprint density at radius 1 is 1.05 bits per heavy atom. The van der Waals surface area contributed by atoms with Gasteiger partial charge < -0.3 is 14.9 Å². The Morgan fingerprint density at radius 3 is 2.63 bits per heavy atom. The van der Waals surface area contributed by atoms with Crippen LogP contribution in [-0.4, -0.2) is 86.7 Å². The van der Waals surface area contributed by atoms with Crippen LogP contribution >= 0.6 is 0 Å². The number of carbonyl (C=O) groups is 1. The molecule has 1 aliphatic rings. The molecule has 1 atom stereocenters. The first-order valence-electron chi connectivity index (χ1n) is 13.7. The number of hydrogen-bond acceptors (Lipinski definition) is 10. The van der Waals surface area contributed by atoms with E-state index in [4.69, 9.17) is 14.4 Å². The molecule has 1 fully saturated rings. The Kier molecular flexibility index (Phi) is 21.3. The second-order valence-corrected chi connectivity index (χ2v) is 8.92. The number of hydroxylamine groups is 2. The van der Waals surface area contributed by atoms with Gasteiger partial charge in [-0.2, -0.15) is 4.79 Å². The average molecular weight is 538 g/mol. The smallest absolute Gasteiger partial charge is 0.425 e. The summed E-state index contributed by atoms with van der Waals surface area (Å²) in [5, 5.41) is 7.37. The molecular weight excluding hydrogens is 492 g/mol. The van der Waals surface area contributed by atoms with Gasteiger partial charge in [-0.05, 0) is 43.8 Å². The van der Waals surface area contributed by atoms with E-state index in [0.29, 0.717) is 32.7 Å². The predicted molar refractivity (Wildman–Crippen MR) is 143 cm³/mol. The molecule has 38 heavy (non-hydrogen) atoms. The summed E-state index contributed by atoms with van der Waals surface area (Å²) in [7, 11) is 0. The molecule has 0 aromatic rings. The molecule has 1 heterocycles. The monoisotopic (exact) mass is 537 g/mol. The molecule has 0 aromatic heterocycles. The molecule has 0 bridgehead atoms. The van der Waals surface area contributed by atoms with Crippen molar-refractivity contribution in [2.75, 3.05) is 46.1 Å². The number of alkyl carbamates (subject to hydrolysis) is 1. The third kappa shape index (κ3) is 18.4. The van der Waals surface area contributed by atoms with E-state index in [9.17, 15) is 14.4 Å². The van der Waals surface area contributed by atoms with E-state index in [-0.39, 0.29) is 19.5 Å². The molecule has 12 nitrogen and oxygen atoms in total. The van der Waals surface area contributed by atoms with Crippen molar-refractivity contribution in [2.45, 2.75) is 83.2 Å². The minimum absolute atomic E-state index is 0.103. The summed E-state index contributed by atoms with van der Waals surface area (Å²) in [5.74, 6) is 0. The molecule has 12 heteroatoms. The maximum Gasteiger partial charge on any atom is 0.425 e. The highest BCUT2D eigenvalue weighted by molar-refractivity contribution is 5.67. The Bertz CT molecular complexity index is 767. The van der Waals surface area contributed by atoms with E-state index in [1.165, 1.54) is 17.7 Å². The molecule has 0 radical (unpaired) electrons. The van der Waals surface area contributed by atoms with Crippen molar-refractivity contribution < 1.29 is 33.4 Å². The summed E-state index contributed by atoms with van der Waals surface area (Å²) in [6, 6.07) is 0. The van der Waals surface area contributed by atoms with Crippen molar-refractivity contribution >= 4 is 24.7 Å². The van der Waals surface area contributed by atoms with E-state index >= 15 is 0 Å². The van der Waals surface area contributed by atoms with Crippen molar-refractivity contribution in [2.24, 2.45) is 9.98 Å². The molecule has 0 saturated carbocycles. The van der Waals surface area contributed by atoms with Gasteiger partial charge in [0.25, 0.3) is 0 Å². The third-order valence-electron chi connectivity index (χ3n) is 5.88. The summed E-state index contributed by atoms with van der Waals surface area (Å²) in [6.45, 7) is 6.84. The van der Waals surface area contributed by atoms with E-state index in [0.717, 1.165) is 77.0 Å². The van der Waals surface area contributed by atoms with Gasteiger partial charge in [-0.15, -0.1) is 4.58 Å². The number of nitrogens with zero attached hydrogens (tertiary/aromatic N) is 4. The molecule has 1 unspecified atom stereocenters. The molecule has 1 amide bonds. The molecule has 1 saturated heterocycles. The van der Waals surface area contributed by atoms with Crippen LogP contribution in [0.5, 0.6) is 0 Å². The van der Waals surface area contributed by atoms with Crippen LogP contribution in [-0.2, 0) is 24.0 Å². The lowest BCUT2D eigenvalue weighted by molar-refractivity contribution is -0.570. The molecule has 1 aliphatic heterocycles. The van der Waals surface area contributed by atoms with Gasteiger partial charge in [-0.25, -0.2) is 24.7 Å². The fourth-order valence-corrected chi connectivity index (χ4v) is 3.81. The van der Waals surface area contributed by atoms with Crippen molar-refractivity contribution in [3.63, 3.8) is 0 Å². The SMILES string of the molecule is C=CCOC(=O)NCCCCCCN(OC=NCCCCCCN=C=O)OCNC1CCCCC[N+]1=C=O. The summed E-state index contributed by atoms with van der Waals surface area (Å²) < 4.78 is 6.54. The number of isocyanates is 2. The molecule has 2 N–H and O–H groups in total. The van der Waals surface area contributed by atoms with E-state index in [1.807, 2.05) is 6.08 Å². The lowest BCUT2D eigenvalue weighted by Crippen LogP contribution is -2.42. The van der Waals surface area contributed by atoms with Crippen molar-refractivity contribution in [1.29, 1.82) is 0 Å². The first-order chi connectivity index (χ1) is 18.7. The fraction of sp³-hybridized carbons (Fsp3) is 0.769. The van der Waals surface area contributed by atoms with E-state index in [1.54, 1.807) is 10.7 Å². The zero-order valence-corrected chi connectivity index (χ0v) is 22.6. The number of ether oxygens (including phenoxy) is 1. The van der Waals surface area contributed by atoms with Gasteiger partial charge in [-0.1, -0.05) is 38.3 Å². The standard InChI is InChI=1S/C26H44N6O6/c1-2-20-36-26(35)29-17-11-5-6-13-19-32(37-22-28-16-10-4-3-9-15-27-21-33)38-23-30-25-14-8-7-12-18-31(25)24-34/h2,22,25,30H,1,3-20,23H2/p+1. The highest BCUT2D eigenvalue weighted by Crippen LogP contribution is 2.11. The Morgan fingerprint density at radius 2 is 1.84 bits per heavy atom. The minimum atomic E-state index is -0.434. The van der Waals surface area contributed by atoms with Crippen LogP contribution in [0, 0.1) is 0 Å². The third-order valence-corrected chi connectivity index (χ3v) is 5.88. The first kappa shape index (κ1) is 33.1. The largest absolute Gasteiger partial charge is 0.445 e. The summed E-state index contributed by atoms with van der Waals surface area (Å²) in [6.07, 6.45) is 17.3. The van der Waals surface area contributed by atoms with E-state index in [2.05, 4.69) is 27.2 Å². The maximum atomic E-state index is 11.4. The molecule has 214 valence electrons. The molecule has 0 aliphatic carbocycles. The van der Waals surface area contributed by atoms with Crippen LogP contribution in [0.15, 0.2) is 22.6 Å². The number of unbranched alkanes of at least 4 members (excludes halogenated alkanes) is 6. The summed E-state index contributed by atoms with van der Waals surface area (Å²) in [4.78, 5) is 52.0. The first-order valence-corrected chi connectivity index (χ1v) is 13.7. The summed E-state index contributed by atoms with van der Waals surface area (Å²) >= 11 is 0. The lowest BCUT2D eigenvalue weighted by Gasteiger charge is -2.20. The minimum Gasteiger partial charge on any atom is -0.445 e. The average Bonchev–Trinajstić information content (AvgIpc) is 3.16. The number of hydrogen-bond donors (Lipinski definition) is 2. The quantitative estimate of drug-likeness (QED) is 0.0314. The molecular formula is C26H45N6O6+. The van der Waals surface area contributed by atoms with Crippen LogP contribution in [0.25, 0.3) is 0 Å². The fourth-order valence-electron chi connectivity index (χ4n) is 3.81. The van der Waals surface area contributed by atoms with Crippen LogP contribution in [0.4, 0.5) is 4.79 Å². The zero-order valence-electron chi connectivity index (χ0n) is 22.6. The van der Waals surface area contributed by atoms with Gasteiger partial charge in [-0.3, -0.25) is 4.99 Å². The van der Waals surface area contributed by atoms with E-state index < -0.39 is 6.09 Å². The van der Waals surface area contributed by atoms with Crippen LogP contribution in [0.1, 0.15) is 77.0 Å². The van der Waals surface area contributed by atoms with Crippen LogP contribution in [0.3, 0.4) is 0 Å². The number of aliphatic imine (C=N–C) groups is 2. The van der Waals surface area contributed by atoms with Gasteiger partial charge in [0.2, 0.25) is 12.2 Å². The predicted octanol–water partition coefficient (Wildman–Crippen LogP) is 3.34. The second kappa shape index (κ2) is 24.5. The van der Waals surface area contributed by atoms with Gasteiger partial charge >= 0.3 is 12.2 Å². The van der Waals surface area contributed by atoms with Gasteiger partial charge in [0.15, 0.2) is 12.9 Å². The van der Waals surface area contributed by atoms with Gasteiger partial charge in [0.05, 0.1) is 13.1 Å². The Hall–Kier alpha value is -2.88. The van der Waals surface area contributed by atoms with Gasteiger partial charge in [0.1, 0.15) is 13.3 Å². The second-order valence-electron chi connectivity index (χ2n) is 8.92.